The molecule has 39 heavy (non-hydrogen) atoms. The Morgan fingerprint density at radius 2 is 1.97 bits per heavy atom. The van der Waals surface area contributed by atoms with Crippen LogP contribution in [-0.4, -0.2) is 56.0 Å². The van der Waals surface area contributed by atoms with Crippen molar-refractivity contribution in [2.45, 2.75) is 51.1 Å². The number of rotatable bonds is 9. The predicted molar refractivity (Wildman–Crippen MR) is 140 cm³/mol. The number of aromatic carboxylic acids is 1. The first-order chi connectivity index (χ1) is 18.9. The van der Waals surface area contributed by atoms with E-state index < -0.39 is 11.8 Å². The van der Waals surface area contributed by atoms with Gasteiger partial charge in [0.15, 0.2) is 0 Å². The average molecular weight is 553 g/mol. The molecular formula is C28H28ClFN5O4-. The van der Waals surface area contributed by atoms with Gasteiger partial charge in [0.2, 0.25) is 5.88 Å². The lowest BCUT2D eigenvalue weighted by atomic mass is 10.1. The Hall–Kier alpha value is -3.47. The predicted octanol–water partition coefficient (Wildman–Crippen LogP) is 3.59. The molecule has 0 amide bonds. The minimum atomic E-state index is -1.20. The molecule has 2 aliphatic rings. The van der Waals surface area contributed by atoms with Crippen molar-refractivity contribution in [1.82, 2.24) is 24.2 Å². The number of aromatic nitrogens is 4. The summed E-state index contributed by atoms with van der Waals surface area (Å²) in [4.78, 5) is 18.6. The van der Waals surface area contributed by atoms with Crippen LogP contribution in [0.25, 0.3) is 11.0 Å². The van der Waals surface area contributed by atoms with E-state index in [1.807, 2.05) is 4.68 Å². The lowest BCUT2D eigenvalue weighted by Crippen LogP contribution is -2.36. The minimum absolute atomic E-state index is 0.0914. The summed E-state index contributed by atoms with van der Waals surface area (Å²) in [5.41, 5.74) is 2.12. The molecule has 2 saturated heterocycles. The Kier molecular flexibility index (Phi) is 7.24. The van der Waals surface area contributed by atoms with Gasteiger partial charge in [0.05, 0.1) is 48.4 Å². The molecule has 4 aromatic rings. The van der Waals surface area contributed by atoms with Gasteiger partial charge in [0, 0.05) is 36.3 Å². The summed E-state index contributed by atoms with van der Waals surface area (Å²) in [5.74, 6) is -0.0996. The number of nitrogens with zero attached hydrogens (tertiary/aromatic N) is 5. The summed E-state index contributed by atoms with van der Waals surface area (Å²) < 4.78 is 29.7. The van der Waals surface area contributed by atoms with E-state index in [1.165, 1.54) is 12.1 Å². The number of carbonyl (C=O) groups is 1. The number of halogens is 2. The molecule has 0 N–H and O–H groups in total. The number of ether oxygens (including phenoxy) is 2. The number of fused-ring (bicyclic) bond motifs is 1. The van der Waals surface area contributed by atoms with Gasteiger partial charge in [-0.15, -0.1) is 0 Å². The summed E-state index contributed by atoms with van der Waals surface area (Å²) in [6.45, 7) is 3.80. The third-order valence-electron chi connectivity index (χ3n) is 7.54. The SMILES string of the molecule is O=C([O-])c1ccc2nc(CN3CCC(n4nccc4OCc4ccc(Cl)cc4F)CC3)n(C[C@@H]3CCO3)c2c1. The number of piperidine rings is 1. The van der Waals surface area contributed by atoms with Crippen molar-refractivity contribution < 1.29 is 23.8 Å². The fourth-order valence-corrected chi connectivity index (χ4v) is 5.42. The lowest BCUT2D eigenvalue weighted by molar-refractivity contribution is -0.255. The van der Waals surface area contributed by atoms with E-state index in [0.29, 0.717) is 29.6 Å². The number of benzene rings is 2. The van der Waals surface area contributed by atoms with Crippen molar-refractivity contribution in [3.8, 4) is 5.88 Å². The van der Waals surface area contributed by atoms with Gasteiger partial charge in [-0.05, 0) is 49.1 Å². The second kappa shape index (κ2) is 11.0. The van der Waals surface area contributed by atoms with Crippen molar-refractivity contribution in [2.24, 2.45) is 0 Å². The zero-order valence-electron chi connectivity index (χ0n) is 21.3. The summed E-state index contributed by atoms with van der Waals surface area (Å²) >= 11 is 5.85. The van der Waals surface area contributed by atoms with Gasteiger partial charge in [-0.25, -0.2) is 14.1 Å². The first-order valence-electron chi connectivity index (χ1n) is 13.1. The third kappa shape index (κ3) is 5.50. The molecule has 4 heterocycles. The zero-order valence-corrected chi connectivity index (χ0v) is 22.0. The van der Waals surface area contributed by atoms with Gasteiger partial charge in [-0.1, -0.05) is 23.7 Å². The maximum absolute atomic E-state index is 14.2. The van der Waals surface area contributed by atoms with Crippen LogP contribution in [0, 0.1) is 5.82 Å². The van der Waals surface area contributed by atoms with Crippen LogP contribution in [0.3, 0.4) is 0 Å². The highest BCUT2D eigenvalue weighted by Gasteiger charge is 2.26. The molecule has 9 nitrogen and oxygen atoms in total. The van der Waals surface area contributed by atoms with Crippen LogP contribution in [0.5, 0.6) is 5.88 Å². The summed E-state index contributed by atoms with van der Waals surface area (Å²) in [6, 6.07) is 11.4. The molecule has 204 valence electrons. The first kappa shape index (κ1) is 25.8. The number of hydrogen-bond donors (Lipinski definition) is 0. The maximum Gasteiger partial charge on any atom is 0.212 e. The lowest BCUT2D eigenvalue weighted by Gasteiger charge is -2.33. The number of carbonyl (C=O) groups excluding carboxylic acids is 1. The standard InChI is InChI=1S/C28H29ClFN5O4/c29-20-3-1-19(23(30)14-20)17-39-27-5-9-31-35(27)21-6-10-33(11-7-21)16-26-32-24-4-2-18(28(36)37)13-25(24)34(26)15-22-8-12-38-22/h1-5,9,13-14,21-22H,6-8,10-12,15-17H2,(H,36,37)/p-1/t22-/m0/s1. The summed E-state index contributed by atoms with van der Waals surface area (Å²) in [5, 5.41) is 16.3. The summed E-state index contributed by atoms with van der Waals surface area (Å²) in [7, 11) is 0. The van der Waals surface area contributed by atoms with Gasteiger partial charge >= 0.3 is 0 Å². The molecule has 0 saturated carbocycles. The molecule has 0 unspecified atom stereocenters. The van der Waals surface area contributed by atoms with Crippen molar-refractivity contribution in [3.63, 3.8) is 0 Å². The molecule has 0 bridgehead atoms. The molecule has 2 aromatic carbocycles. The van der Waals surface area contributed by atoms with Gasteiger partial charge in [-0.3, -0.25) is 4.90 Å². The fraction of sp³-hybridized carbons (Fsp3) is 0.393. The van der Waals surface area contributed by atoms with E-state index in [0.717, 1.165) is 55.8 Å². The number of hydrogen-bond acceptors (Lipinski definition) is 7. The van der Waals surface area contributed by atoms with Crippen molar-refractivity contribution in [1.29, 1.82) is 0 Å². The van der Waals surface area contributed by atoms with Gasteiger partial charge in [0.1, 0.15) is 18.2 Å². The largest absolute Gasteiger partial charge is 0.545 e. The second-order valence-electron chi connectivity index (χ2n) is 10.1. The van der Waals surface area contributed by atoms with E-state index in [4.69, 9.17) is 26.1 Å². The highest BCUT2D eigenvalue weighted by molar-refractivity contribution is 6.30. The normalized spacial score (nSPS) is 18.4. The molecule has 11 heteroatoms. The Labute approximate surface area is 229 Å². The molecule has 2 aromatic heterocycles. The van der Waals surface area contributed by atoms with Crippen LogP contribution in [0.1, 0.15) is 47.1 Å². The van der Waals surface area contributed by atoms with Gasteiger partial charge < -0.3 is 23.9 Å². The highest BCUT2D eigenvalue weighted by Crippen LogP contribution is 2.29. The topological polar surface area (TPSA) is 97.5 Å². The number of carboxylic acid groups (broad SMARTS) is 1. The Morgan fingerprint density at radius 1 is 1.15 bits per heavy atom. The number of imidazole rings is 1. The quantitative estimate of drug-likeness (QED) is 0.313. The van der Waals surface area contributed by atoms with E-state index >= 15 is 0 Å². The smallest absolute Gasteiger partial charge is 0.212 e. The Morgan fingerprint density at radius 3 is 2.69 bits per heavy atom. The van der Waals surface area contributed by atoms with E-state index in [9.17, 15) is 14.3 Å². The fourth-order valence-electron chi connectivity index (χ4n) is 5.26. The van der Waals surface area contributed by atoms with Crippen LogP contribution in [0.4, 0.5) is 4.39 Å². The van der Waals surface area contributed by atoms with Crippen LogP contribution in [-0.2, 0) is 24.4 Å². The van der Waals surface area contributed by atoms with E-state index in [1.54, 1.807) is 36.5 Å². The van der Waals surface area contributed by atoms with Crippen molar-refractivity contribution in [2.75, 3.05) is 19.7 Å². The number of carboxylic acids is 1. The first-order valence-corrected chi connectivity index (χ1v) is 13.5. The van der Waals surface area contributed by atoms with E-state index in [-0.39, 0.29) is 24.3 Å². The molecule has 2 fully saturated rings. The molecular weight excluding hydrogens is 525 g/mol. The second-order valence-corrected chi connectivity index (χ2v) is 10.5. The zero-order chi connectivity index (χ0) is 26.9. The van der Waals surface area contributed by atoms with Crippen LogP contribution >= 0.6 is 11.6 Å². The highest BCUT2D eigenvalue weighted by atomic mass is 35.5. The molecule has 6 rings (SSSR count). The van der Waals surface area contributed by atoms with Gasteiger partial charge in [0.25, 0.3) is 0 Å². The Bertz CT molecular complexity index is 1490. The molecule has 0 aliphatic carbocycles. The van der Waals surface area contributed by atoms with Crippen molar-refractivity contribution in [3.05, 3.63) is 76.5 Å². The third-order valence-corrected chi connectivity index (χ3v) is 7.77. The molecule has 2 aliphatic heterocycles. The van der Waals surface area contributed by atoms with Crippen LogP contribution in [0.15, 0.2) is 48.7 Å². The molecule has 0 spiro atoms. The van der Waals surface area contributed by atoms with E-state index in [2.05, 4.69) is 14.6 Å². The minimum Gasteiger partial charge on any atom is -0.545 e. The maximum atomic E-state index is 14.2. The molecule has 0 radical (unpaired) electrons. The Balaban J connectivity index is 1.12. The number of likely N-dealkylation sites (tertiary alicyclic amines) is 1. The van der Waals surface area contributed by atoms with Gasteiger partial charge in [-0.2, -0.15) is 5.10 Å². The average Bonchev–Trinajstić information content (AvgIpc) is 3.50. The summed E-state index contributed by atoms with van der Waals surface area (Å²) in [6.07, 6.45) is 4.52. The molecule has 1 atom stereocenters. The van der Waals surface area contributed by atoms with Crippen molar-refractivity contribution >= 4 is 28.6 Å². The van der Waals surface area contributed by atoms with Crippen LogP contribution in [0.2, 0.25) is 5.02 Å². The monoisotopic (exact) mass is 552 g/mol. The van der Waals surface area contributed by atoms with Crippen LogP contribution < -0.4 is 9.84 Å².